The third kappa shape index (κ3) is 4.68. The molecule has 0 spiro atoms. The molecule has 0 bridgehead atoms. The minimum Gasteiger partial charge on any atom is -0.328 e. The molecule has 1 aliphatic heterocycles. The van der Waals surface area contributed by atoms with Crippen LogP contribution in [-0.2, 0) is 22.0 Å². The largest absolute Gasteiger partial charge is 0.416 e. The van der Waals surface area contributed by atoms with Crippen LogP contribution in [0.5, 0.6) is 0 Å². The highest BCUT2D eigenvalue weighted by Crippen LogP contribution is 2.30. The van der Waals surface area contributed by atoms with Crippen LogP contribution in [0.1, 0.15) is 30.9 Å². The summed E-state index contributed by atoms with van der Waals surface area (Å²) in [6.07, 6.45) is -2.90. The Labute approximate surface area is 134 Å². The molecule has 130 valence electrons. The van der Waals surface area contributed by atoms with E-state index in [0.29, 0.717) is 19.5 Å². The van der Waals surface area contributed by atoms with Gasteiger partial charge in [-0.25, -0.2) is 12.7 Å². The van der Waals surface area contributed by atoms with Gasteiger partial charge in [-0.1, -0.05) is 18.2 Å². The molecule has 1 heterocycles. The van der Waals surface area contributed by atoms with Crippen molar-refractivity contribution in [3.05, 3.63) is 35.4 Å². The molecule has 4 nitrogen and oxygen atoms in total. The molecular weight excluding hydrogens is 329 g/mol. The zero-order valence-electron chi connectivity index (χ0n) is 12.9. The lowest BCUT2D eigenvalue weighted by Crippen LogP contribution is -2.45. The summed E-state index contributed by atoms with van der Waals surface area (Å²) in [6, 6.07) is 4.35. The molecule has 2 atom stereocenters. The van der Waals surface area contributed by atoms with Crippen molar-refractivity contribution in [2.75, 3.05) is 13.1 Å². The molecule has 2 rings (SSSR count). The van der Waals surface area contributed by atoms with Gasteiger partial charge in [-0.05, 0) is 37.3 Å². The summed E-state index contributed by atoms with van der Waals surface area (Å²) in [6.45, 7) is 2.57. The number of benzene rings is 1. The lowest BCUT2D eigenvalue weighted by Gasteiger charge is -2.33. The Morgan fingerprint density at radius 1 is 1.39 bits per heavy atom. The van der Waals surface area contributed by atoms with Crippen LogP contribution in [0, 0.1) is 5.92 Å². The Morgan fingerprint density at radius 3 is 2.70 bits per heavy atom. The van der Waals surface area contributed by atoms with Gasteiger partial charge in [0.25, 0.3) is 0 Å². The van der Waals surface area contributed by atoms with Gasteiger partial charge in [0.05, 0.1) is 11.3 Å². The monoisotopic (exact) mass is 350 g/mol. The first kappa shape index (κ1) is 18.2. The maximum atomic E-state index is 12.7. The normalized spacial score (nSPS) is 22.0. The van der Waals surface area contributed by atoms with Gasteiger partial charge in [0.2, 0.25) is 10.0 Å². The predicted octanol–water partition coefficient (Wildman–Crippen LogP) is 2.59. The standard InChI is InChI=1S/C15H21F3N2O2S/c1-11(19)13-5-3-7-20(9-13)23(21,22)10-12-4-2-6-14(8-12)15(16,17)18/h2,4,6,8,11,13H,3,5,7,9-10,19H2,1H3/t11-,13-/m0/s1. The maximum Gasteiger partial charge on any atom is 0.416 e. The molecule has 8 heteroatoms. The van der Waals surface area contributed by atoms with E-state index >= 15 is 0 Å². The van der Waals surface area contributed by atoms with Crippen molar-refractivity contribution in [2.24, 2.45) is 11.7 Å². The molecule has 0 aromatic heterocycles. The molecule has 0 aliphatic carbocycles. The molecule has 2 N–H and O–H groups in total. The Morgan fingerprint density at radius 2 is 2.09 bits per heavy atom. The Hall–Kier alpha value is -1.12. The van der Waals surface area contributed by atoms with Crippen molar-refractivity contribution in [3.63, 3.8) is 0 Å². The number of nitrogens with two attached hydrogens (primary N) is 1. The topological polar surface area (TPSA) is 63.4 Å². The molecule has 1 aromatic carbocycles. The van der Waals surface area contributed by atoms with Crippen molar-refractivity contribution >= 4 is 10.0 Å². The molecule has 1 aliphatic rings. The van der Waals surface area contributed by atoms with Crippen molar-refractivity contribution in [1.82, 2.24) is 4.31 Å². The van der Waals surface area contributed by atoms with Crippen LogP contribution in [0.15, 0.2) is 24.3 Å². The molecular formula is C15H21F3N2O2S. The number of alkyl halides is 3. The first-order chi connectivity index (χ1) is 10.6. The van der Waals surface area contributed by atoms with Gasteiger partial charge >= 0.3 is 6.18 Å². The first-order valence-electron chi connectivity index (χ1n) is 7.49. The summed E-state index contributed by atoms with van der Waals surface area (Å²) in [5.41, 5.74) is 5.15. The van der Waals surface area contributed by atoms with Gasteiger partial charge in [0.15, 0.2) is 0 Å². The average molecular weight is 350 g/mol. The number of hydrogen-bond acceptors (Lipinski definition) is 3. The maximum absolute atomic E-state index is 12.7. The van der Waals surface area contributed by atoms with Crippen molar-refractivity contribution in [1.29, 1.82) is 0 Å². The fourth-order valence-corrected chi connectivity index (χ4v) is 4.40. The molecule has 0 saturated carbocycles. The quantitative estimate of drug-likeness (QED) is 0.908. The zero-order valence-corrected chi connectivity index (χ0v) is 13.7. The smallest absolute Gasteiger partial charge is 0.328 e. The molecule has 0 unspecified atom stereocenters. The van der Waals surface area contributed by atoms with E-state index in [-0.39, 0.29) is 17.5 Å². The van der Waals surface area contributed by atoms with E-state index in [1.807, 2.05) is 6.92 Å². The second-order valence-electron chi connectivity index (χ2n) is 6.07. The summed E-state index contributed by atoms with van der Waals surface area (Å²) < 4.78 is 64.5. The Kier molecular flexibility index (Phi) is 5.37. The second-order valence-corrected chi connectivity index (χ2v) is 8.04. The lowest BCUT2D eigenvalue weighted by atomic mass is 9.93. The van der Waals surface area contributed by atoms with Gasteiger partial charge in [-0.3, -0.25) is 0 Å². The number of nitrogens with zero attached hydrogens (tertiary/aromatic N) is 1. The van der Waals surface area contributed by atoms with Gasteiger partial charge < -0.3 is 5.73 Å². The van der Waals surface area contributed by atoms with Crippen LogP contribution in [-0.4, -0.2) is 31.9 Å². The van der Waals surface area contributed by atoms with E-state index < -0.39 is 27.5 Å². The third-order valence-corrected chi connectivity index (χ3v) is 5.98. The summed E-state index contributed by atoms with van der Waals surface area (Å²) >= 11 is 0. The van der Waals surface area contributed by atoms with Crippen LogP contribution in [0.25, 0.3) is 0 Å². The van der Waals surface area contributed by atoms with Gasteiger partial charge in [-0.2, -0.15) is 13.2 Å². The van der Waals surface area contributed by atoms with E-state index in [9.17, 15) is 21.6 Å². The fourth-order valence-electron chi connectivity index (χ4n) is 2.80. The van der Waals surface area contributed by atoms with Crippen LogP contribution >= 0.6 is 0 Å². The van der Waals surface area contributed by atoms with Gasteiger partial charge in [0.1, 0.15) is 0 Å². The molecule has 23 heavy (non-hydrogen) atoms. The number of rotatable bonds is 4. The van der Waals surface area contributed by atoms with Crippen LogP contribution in [0.4, 0.5) is 13.2 Å². The average Bonchev–Trinajstić information content (AvgIpc) is 2.46. The summed E-state index contributed by atoms with van der Waals surface area (Å²) in [5, 5.41) is 0. The minimum atomic E-state index is -4.48. The number of piperidine rings is 1. The van der Waals surface area contributed by atoms with E-state index in [1.54, 1.807) is 0 Å². The molecule has 0 radical (unpaired) electrons. The molecule has 1 saturated heterocycles. The first-order valence-corrected chi connectivity index (χ1v) is 9.10. The minimum absolute atomic E-state index is 0.0834. The van der Waals surface area contributed by atoms with Crippen LogP contribution in [0.3, 0.4) is 0 Å². The highest BCUT2D eigenvalue weighted by molar-refractivity contribution is 7.88. The molecule has 1 fully saturated rings. The second kappa shape index (κ2) is 6.78. The van der Waals surface area contributed by atoms with Crippen molar-refractivity contribution in [2.45, 2.75) is 37.7 Å². The number of sulfonamides is 1. The van der Waals surface area contributed by atoms with Gasteiger partial charge in [-0.15, -0.1) is 0 Å². The fraction of sp³-hybridized carbons (Fsp3) is 0.600. The van der Waals surface area contributed by atoms with E-state index in [0.717, 1.165) is 18.6 Å². The zero-order chi connectivity index (χ0) is 17.3. The van der Waals surface area contributed by atoms with E-state index in [1.165, 1.54) is 16.4 Å². The number of halogens is 3. The highest BCUT2D eigenvalue weighted by atomic mass is 32.2. The Balaban J connectivity index is 2.15. The van der Waals surface area contributed by atoms with Crippen LogP contribution in [0.2, 0.25) is 0 Å². The van der Waals surface area contributed by atoms with Crippen molar-refractivity contribution < 1.29 is 21.6 Å². The molecule has 1 aromatic rings. The summed E-state index contributed by atoms with van der Waals surface area (Å²) in [7, 11) is -3.65. The van der Waals surface area contributed by atoms with E-state index in [4.69, 9.17) is 5.73 Å². The molecule has 0 amide bonds. The van der Waals surface area contributed by atoms with Crippen molar-refractivity contribution in [3.8, 4) is 0 Å². The van der Waals surface area contributed by atoms with Crippen LogP contribution < -0.4 is 5.73 Å². The SMILES string of the molecule is C[C@H](N)[C@H]1CCCN(S(=O)(=O)Cc2cccc(C(F)(F)F)c2)C1. The third-order valence-electron chi connectivity index (χ3n) is 4.16. The number of hydrogen-bond donors (Lipinski definition) is 1. The van der Waals surface area contributed by atoms with Gasteiger partial charge in [0, 0.05) is 19.1 Å². The Bertz CT molecular complexity index is 644. The summed E-state index contributed by atoms with van der Waals surface area (Å²) in [4.78, 5) is 0. The van der Waals surface area contributed by atoms with E-state index in [2.05, 4.69) is 0 Å². The predicted molar refractivity (Wildman–Crippen MR) is 82.0 cm³/mol. The summed E-state index contributed by atoms with van der Waals surface area (Å²) in [5.74, 6) is -0.345. The highest BCUT2D eigenvalue weighted by Gasteiger charge is 2.33. The lowest BCUT2D eigenvalue weighted by molar-refractivity contribution is -0.137.